The van der Waals surface area contributed by atoms with Crippen molar-refractivity contribution in [2.24, 2.45) is 0 Å². The molecule has 0 aliphatic heterocycles. The first-order valence-electron chi connectivity index (χ1n) is 8.93. The predicted molar refractivity (Wildman–Crippen MR) is 104 cm³/mol. The van der Waals surface area contributed by atoms with Crippen molar-refractivity contribution in [3.8, 4) is 17.2 Å². The molecular weight excluding hydrogens is 344 g/mol. The second-order valence-corrected chi connectivity index (χ2v) is 6.46. The lowest BCUT2D eigenvalue weighted by Gasteiger charge is -2.22. The molecule has 0 spiro atoms. The number of carbonyl (C=O) groups excluding carboxylic acids is 1. The Labute approximate surface area is 161 Å². The van der Waals surface area contributed by atoms with Crippen LogP contribution < -0.4 is 24.4 Å². The molecule has 2 N–H and O–H groups in total. The Bertz CT molecular complexity index is 746. The minimum Gasteiger partial charge on any atom is -0.497 e. The van der Waals surface area contributed by atoms with Gasteiger partial charge in [-0.05, 0) is 36.8 Å². The average molecular weight is 373 g/mol. The first kappa shape index (κ1) is 20.6. The zero-order valence-corrected chi connectivity index (χ0v) is 16.7. The van der Waals surface area contributed by atoms with Gasteiger partial charge in [0, 0.05) is 6.54 Å². The van der Waals surface area contributed by atoms with E-state index in [0.29, 0.717) is 24.6 Å². The van der Waals surface area contributed by atoms with Gasteiger partial charge in [0.05, 0.1) is 33.9 Å². The molecule has 0 radical (unpaired) electrons. The van der Waals surface area contributed by atoms with Crippen molar-refractivity contribution in [1.82, 2.24) is 5.32 Å². The standard InChI is InChI=1S/C21H28N2O4/c1-15(21(24)22-13-16-9-11-18(25-3)12-10-16)23(2)14-17-7-6-8-19(26-4)20(17)27-5/h6-12,15H,13-14H2,1-5H3,(H,22,24)/p+1/t15-/m0/s1. The van der Waals surface area contributed by atoms with Crippen LogP contribution in [0.15, 0.2) is 42.5 Å². The van der Waals surface area contributed by atoms with Gasteiger partial charge in [-0.1, -0.05) is 18.2 Å². The van der Waals surface area contributed by atoms with E-state index in [9.17, 15) is 4.79 Å². The van der Waals surface area contributed by atoms with Crippen molar-refractivity contribution < 1.29 is 23.9 Å². The zero-order valence-electron chi connectivity index (χ0n) is 16.7. The molecule has 2 atom stereocenters. The lowest BCUT2D eigenvalue weighted by molar-refractivity contribution is -0.908. The number of amides is 1. The Morgan fingerprint density at radius 1 is 1.04 bits per heavy atom. The molecule has 0 fully saturated rings. The number of benzene rings is 2. The first-order valence-corrected chi connectivity index (χ1v) is 8.93. The van der Waals surface area contributed by atoms with E-state index < -0.39 is 0 Å². The number of nitrogens with one attached hydrogen (secondary N) is 2. The van der Waals surface area contributed by atoms with Crippen LogP contribution in [0, 0.1) is 0 Å². The molecule has 0 aliphatic carbocycles. The number of para-hydroxylation sites is 1. The van der Waals surface area contributed by atoms with Crippen LogP contribution in [0.2, 0.25) is 0 Å². The fourth-order valence-electron chi connectivity index (χ4n) is 2.86. The average Bonchev–Trinajstić information content (AvgIpc) is 2.71. The monoisotopic (exact) mass is 373 g/mol. The summed E-state index contributed by atoms with van der Waals surface area (Å²) in [7, 11) is 6.88. The Hall–Kier alpha value is -2.73. The van der Waals surface area contributed by atoms with Crippen LogP contribution in [0.4, 0.5) is 0 Å². The van der Waals surface area contributed by atoms with Gasteiger partial charge in [-0.3, -0.25) is 4.79 Å². The lowest BCUT2D eigenvalue weighted by Crippen LogP contribution is -3.12. The molecule has 2 rings (SSSR count). The molecule has 6 heteroatoms. The highest BCUT2D eigenvalue weighted by Crippen LogP contribution is 2.30. The van der Waals surface area contributed by atoms with Gasteiger partial charge < -0.3 is 24.4 Å². The third-order valence-corrected chi connectivity index (χ3v) is 4.71. The molecule has 0 saturated carbocycles. The van der Waals surface area contributed by atoms with E-state index >= 15 is 0 Å². The number of hydrogen-bond donors (Lipinski definition) is 2. The zero-order chi connectivity index (χ0) is 19.8. The minimum absolute atomic E-state index is 0.00480. The molecule has 0 bridgehead atoms. The quantitative estimate of drug-likeness (QED) is 0.698. The van der Waals surface area contributed by atoms with Crippen molar-refractivity contribution in [1.29, 1.82) is 0 Å². The molecule has 2 aromatic rings. The summed E-state index contributed by atoms with van der Waals surface area (Å²) in [6.07, 6.45) is 0. The maximum absolute atomic E-state index is 12.5. The summed E-state index contributed by atoms with van der Waals surface area (Å²) >= 11 is 0. The van der Waals surface area contributed by atoms with Crippen molar-refractivity contribution in [2.75, 3.05) is 28.4 Å². The third kappa shape index (κ3) is 5.37. The summed E-state index contributed by atoms with van der Waals surface area (Å²) in [5.41, 5.74) is 2.03. The van der Waals surface area contributed by atoms with E-state index in [2.05, 4.69) is 5.32 Å². The minimum atomic E-state index is -0.209. The number of methoxy groups -OCH3 is 3. The Morgan fingerprint density at radius 2 is 1.74 bits per heavy atom. The van der Waals surface area contributed by atoms with E-state index in [4.69, 9.17) is 14.2 Å². The molecule has 0 aliphatic rings. The first-order chi connectivity index (χ1) is 13.0. The van der Waals surface area contributed by atoms with Crippen LogP contribution in [-0.4, -0.2) is 40.3 Å². The Morgan fingerprint density at radius 3 is 2.33 bits per heavy atom. The number of ether oxygens (including phenoxy) is 3. The van der Waals surface area contributed by atoms with Crippen LogP contribution in [0.5, 0.6) is 17.2 Å². The van der Waals surface area contributed by atoms with Crippen molar-refractivity contribution in [2.45, 2.75) is 26.1 Å². The van der Waals surface area contributed by atoms with Crippen LogP contribution in [0.1, 0.15) is 18.1 Å². The van der Waals surface area contributed by atoms with Gasteiger partial charge in [-0.2, -0.15) is 0 Å². The van der Waals surface area contributed by atoms with Gasteiger partial charge in [0.2, 0.25) is 0 Å². The smallest absolute Gasteiger partial charge is 0.278 e. The van der Waals surface area contributed by atoms with Gasteiger partial charge >= 0.3 is 0 Å². The second-order valence-electron chi connectivity index (χ2n) is 6.46. The summed E-state index contributed by atoms with van der Waals surface area (Å²) in [5, 5.41) is 3.00. The number of rotatable bonds is 9. The normalized spacial score (nSPS) is 12.8. The topological polar surface area (TPSA) is 61.2 Å². The Kier molecular flexibility index (Phi) is 7.49. The highest BCUT2D eigenvalue weighted by Gasteiger charge is 2.23. The van der Waals surface area contributed by atoms with Gasteiger partial charge in [-0.25, -0.2) is 0 Å². The van der Waals surface area contributed by atoms with Crippen molar-refractivity contribution in [3.63, 3.8) is 0 Å². The van der Waals surface area contributed by atoms with Crippen LogP contribution in [0.3, 0.4) is 0 Å². The van der Waals surface area contributed by atoms with Gasteiger partial charge in [-0.15, -0.1) is 0 Å². The van der Waals surface area contributed by atoms with E-state index in [1.54, 1.807) is 21.3 Å². The molecule has 2 aromatic carbocycles. The molecule has 1 unspecified atom stereocenters. The fraction of sp³-hybridized carbons (Fsp3) is 0.381. The van der Waals surface area contributed by atoms with E-state index in [1.807, 2.05) is 56.4 Å². The maximum atomic E-state index is 12.5. The third-order valence-electron chi connectivity index (χ3n) is 4.71. The van der Waals surface area contributed by atoms with Crippen LogP contribution in [0.25, 0.3) is 0 Å². The molecule has 0 heterocycles. The molecule has 146 valence electrons. The van der Waals surface area contributed by atoms with E-state index in [0.717, 1.165) is 21.8 Å². The molecule has 27 heavy (non-hydrogen) atoms. The van der Waals surface area contributed by atoms with Gasteiger partial charge in [0.1, 0.15) is 12.3 Å². The number of hydrogen-bond acceptors (Lipinski definition) is 4. The van der Waals surface area contributed by atoms with E-state index in [1.165, 1.54) is 0 Å². The molecule has 6 nitrogen and oxygen atoms in total. The summed E-state index contributed by atoms with van der Waals surface area (Å²) in [6.45, 7) is 3.06. The van der Waals surface area contributed by atoms with Crippen LogP contribution >= 0.6 is 0 Å². The van der Waals surface area contributed by atoms with Crippen molar-refractivity contribution >= 4 is 5.91 Å². The number of carbonyl (C=O) groups is 1. The van der Waals surface area contributed by atoms with Crippen molar-refractivity contribution in [3.05, 3.63) is 53.6 Å². The number of likely N-dealkylation sites (N-methyl/N-ethyl adjacent to an activating group) is 1. The fourth-order valence-corrected chi connectivity index (χ4v) is 2.86. The largest absolute Gasteiger partial charge is 0.497 e. The summed E-state index contributed by atoms with van der Waals surface area (Å²) < 4.78 is 16.0. The number of quaternary nitrogens is 1. The summed E-state index contributed by atoms with van der Waals surface area (Å²) in [6, 6.07) is 13.2. The lowest BCUT2D eigenvalue weighted by atomic mass is 10.1. The van der Waals surface area contributed by atoms with Crippen LogP contribution in [-0.2, 0) is 17.9 Å². The van der Waals surface area contributed by atoms with Gasteiger partial charge in [0.25, 0.3) is 5.91 Å². The molecule has 1 amide bonds. The van der Waals surface area contributed by atoms with E-state index in [-0.39, 0.29) is 11.9 Å². The molecule has 0 aromatic heterocycles. The summed E-state index contributed by atoms with van der Waals surface area (Å²) in [5.74, 6) is 2.21. The highest BCUT2D eigenvalue weighted by atomic mass is 16.5. The maximum Gasteiger partial charge on any atom is 0.278 e. The second kappa shape index (κ2) is 9.83. The highest BCUT2D eigenvalue weighted by molar-refractivity contribution is 5.79. The SMILES string of the molecule is COc1ccc(CNC(=O)[C@H](C)[NH+](C)Cc2cccc(OC)c2OC)cc1. The Balaban J connectivity index is 1.95. The summed E-state index contributed by atoms with van der Waals surface area (Å²) in [4.78, 5) is 13.6. The molecular formula is C21H29N2O4+. The molecule has 0 saturated heterocycles. The van der Waals surface area contributed by atoms with Gasteiger partial charge in [0.15, 0.2) is 17.5 Å². The predicted octanol–water partition coefficient (Wildman–Crippen LogP) is 1.43.